The molecule has 4 aliphatic rings. The molecule has 4 rings (SSSR count). The fourth-order valence-electron chi connectivity index (χ4n) is 5.75. The van der Waals surface area contributed by atoms with Crippen LogP contribution in [0.5, 0.6) is 0 Å². The molecule has 4 unspecified atom stereocenters. The van der Waals surface area contributed by atoms with E-state index in [9.17, 15) is 4.79 Å². The Hall–Kier alpha value is -0.610. The minimum absolute atomic E-state index is 0.114. The van der Waals surface area contributed by atoms with Gasteiger partial charge in [-0.25, -0.2) is 0 Å². The highest BCUT2D eigenvalue weighted by atomic mass is 16.2. The number of piperidine rings is 2. The van der Waals surface area contributed by atoms with Gasteiger partial charge in [-0.15, -0.1) is 0 Å². The molecule has 3 heterocycles. The van der Waals surface area contributed by atoms with Crippen LogP contribution in [0.1, 0.15) is 64.7 Å². The van der Waals surface area contributed by atoms with Gasteiger partial charge < -0.3 is 15.1 Å². The van der Waals surface area contributed by atoms with Crippen LogP contribution in [0.2, 0.25) is 0 Å². The summed E-state index contributed by atoms with van der Waals surface area (Å²) in [5.41, 5.74) is 0. The number of fused-ring (bicyclic) bond motifs is 1. The molecule has 1 amide bonds. The van der Waals surface area contributed by atoms with Crippen LogP contribution in [0, 0.1) is 17.8 Å². The predicted octanol–water partition coefficient (Wildman–Crippen LogP) is 2.88. The lowest BCUT2D eigenvalue weighted by Gasteiger charge is -2.38. The number of likely N-dealkylation sites (tertiary alicyclic amines) is 2. The normalized spacial score (nSPS) is 37.9. The Bertz CT molecular complexity index is 446. The molecule has 0 bridgehead atoms. The Kier molecular flexibility index (Phi) is 5.66. The van der Waals surface area contributed by atoms with E-state index in [1.807, 2.05) is 0 Å². The molecule has 1 N–H and O–H groups in total. The Balaban J connectivity index is 1.28. The highest BCUT2D eigenvalue weighted by molar-refractivity contribution is 5.82. The highest BCUT2D eigenvalue weighted by Crippen LogP contribution is 2.34. The van der Waals surface area contributed by atoms with E-state index >= 15 is 0 Å². The summed E-state index contributed by atoms with van der Waals surface area (Å²) in [7, 11) is 0. The zero-order valence-electron chi connectivity index (χ0n) is 16.1. The highest BCUT2D eigenvalue weighted by Gasteiger charge is 2.40. The molecule has 0 aromatic rings. The summed E-state index contributed by atoms with van der Waals surface area (Å²) in [6.45, 7) is 8.10. The summed E-state index contributed by atoms with van der Waals surface area (Å²) >= 11 is 0. The number of nitrogens with one attached hydrogen (secondary N) is 1. The molecule has 4 fully saturated rings. The average Bonchev–Trinajstić information content (AvgIpc) is 3.07. The summed E-state index contributed by atoms with van der Waals surface area (Å²) in [6, 6.07) is 0.737. The Morgan fingerprint density at radius 3 is 2.60 bits per heavy atom. The van der Waals surface area contributed by atoms with Gasteiger partial charge >= 0.3 is 0 Å². The van der Waals surface area contributed by atoms with Crippen molar-refractivity contribution in [2.75, 3.05) is 32.7 Å². The zero-order valence-corrected chi connectivity index (χ0v) is 16.1. The minimum atomic E-state index is 0.114. The molecular weight excluding hydrogens is 310 g/mol. The topological polar surface area (TPSA) is 35.6 Å². The molecule has 3 aliphatic heterocycles. The number of nitrogens with zero attached hydrogens (tertiary/aromatic N) is 2. The predicted molar refractivity (Wildman–Crippen MR) is 101 cm³/mol. The summed E-state index contributed by atoms with van der Waals surface area (Å²) in [4.78, 5) is 17.9. The number of hydrogen-bond donors (Lipinski definition) is 1. The van der Waals surface area contributed by atoms with Crippen LogP contribution in [-0.4, -0.2) is 60.5 Å². The van der Waals surface area contributed by atoms with E-state index in [1.165, 1.54) is 71.0 Å². The standard InChI is InChI=1S/C21H37N3O/c1-16-8-11-23(12-9-16)14-17-5-4-10-24(15-17)21(25)20-13-18-6-2-3-7-19(18)22-20/h16-20,22H,2-15H2,1H3. The third kappa shape index (κ3) is 4.21. The maximum Gasteiger partial charge on any atom is 0.239 e. The fourth-order valence-corrected chi connectivity index (χ4v) is 5.75. The molecule has 0 aromatic carbocycles. The molecule has 4 heteroatoms. The molecule has 142 valence electrons. The Morgan fingerprint density at radius 1 is 1.00 bits per heavy atom. The first kappa shape index (κ1) is 17.8. The van der Waals surface area contributed by atoms with Crippen molar-refractivity contribution in [3.05, 3.63) is 0 Å². The molecule has 4 atom stereocenters. The van der Waals surface area contributed by atoms with Gasteiger partial charge in [0.05, 0.1) is 6.04 Å². The second kappa shape index (κ2) is 7.96. The van der Waals surface area contributed by atoms with Gasteiger partial charge in [-0.1, -0.05) is 19.8 Å². The van der Waals surface area contributed by atoms with Crippen molar-refractivity contribution < 1.29 is 4.79 Å². The van der Waals surface area contributed by atoms with E-state index in [0.717, 1.165) is 31.3 Å². The summed E-state index contributed by atoms with van der Waals surface area (Å²) in [5.74, 6) is 2.76. The maximum atomic E-state index is 13.1. The third-order valence-electron chi connectivity index (χ3n) is 7.38. The lowest BCUT2D eigenvalue weighted by atomic mass is 9.85. The molecule has 0 radical (unpaired) electrons. The first-order chi connectivity index (χ1) is 12.2. The van der Waals surface area contributed by atoms with Crippen LogP contribution >= 0.6 is 0 Å². The maximum absolute atomic E-state index is 13.1. The molecular formula is C21H37N3O. The summed E-state index contributed by atoms with van der Waals surface area (Å²) < 4.78 is 0. The van der Waals surface area contributed by atoms with Gasteiger partial charge in [0.1, 0.15) is 0 Å². The molecule has 25 heavy (non-hydrogen) atoms. The van der Waals surface area contributed by atoms with Crippen LogP contribution in [0.15, 0.2) is 0 Å². The van der Waals surface area contributed by atoms with Crippen LogP contribution < -0.4 is 5.32 Å². The van der Waals surface area contributed by atoms with Gasteiger partial charge in [0, 0.05) is 25.7 Å². The number of carbonyl (C=O) groups excluding carboxylic acids is 1. The van der Waals surface area contributed by atoms with Crippen LogP contribution in [0.3, 0.4) is 0 Å². The van der Waals surface area contributed by atoms with Crippen molar-refractivity contribution in [2.24, 2.45) is 17.8 Å². The quantitative estimate of drug-likeness (QED) is 0.853. The van der Waals surface area contributed by atoms with Crippen molar-refractivity contribution in [2.45, 2.75) is 76.8 Å². The van der Waals surface area contributed by atoms with Crippen LogP contribution in [0.25, 0.3) is 0 Å². The Labute approximate surface area is 153 Å². The summed E-state index contributed by atoms with van der Waals surface area (Å²) in [5, 5.41) is 3.69. The first-order valence-corrected chi connectivity index (χ1v) is 11.0. The van der Waals surface area contributed by atoms with E-state index in [1.54, 1.807) is 0 Å². The van der Waals surface area contributed by atoms with Crippen molar-refractivity contribution in [1.82, 2.24) is 15.1 Å². The minimum Gasteiger partial charge on any atom is -0.341 e. The smallest absolute Gasteiger partial charge is 0.239 e. The third-order valence-corrected chi connectivity index (χ3v) is 7.38. The van der Waals surface area contributed by atoms with Gasteiger partial charge in [-0.2, -0.15) is 0 Å². The Morgan fingerprint density at radius 2 is 1.80 bits per heavy atom. The lowest BCUT2D eigenvalue weighted by Crippen LogP contribution is -2.50. The number of amides is 1. The van der Waals surface area contributed by atoms with E-state index < -0.39 is 0 Å². The van der Waals surface area contributed by atoms with Gasteiger partial charge in [-0.3, -0.25) is 4.79 Å². The molecule has 4 nitrogen and oxygen atoms in total. The SMILES string of the molecule is CC1CCN(CC2CCCN(C(=O)C3CC4CCCCC4N3)C2)CC1. The first-order valence-electron chi connectivity index (χ1n) is 11.0. The second-order valence-corrected chi connectivity index (χ2v) is 9.38. The zero-order chi connectivity index (χ0) is 17.2. The molecule has 0 spiro atoms. The van der Waals surface area contributed by atoms with Crippen LogP contribution in [-0.2, 0) is 4.79 Å². The lowest BCUT2D eigenvalue weighted by molar-refractivity contribution is -0.135. The average molecular weight is 348 g/mol. The molecule has 3 saturated heterocycles. The number of carbonyl (C=O) groups is 1. The van der Waals surface area contributed by atoms with E-state index in [-0.39, 0.29) is 6.04 Å². The molecule has 1 saturated carbocycles. The largest absolute Gasteiger partial charge is 0.341 e. The van der Waals surface area contributed by atoms with E-state index in [4.69, 9.17) is 0 Å². The van der Waals surface area contributed by atoms with Gasteiger partial charge in [0.2, 0.25) is 5.91 Å². The van der Waals surface area contributed by atoms with Crippen molar-refractivity contribution >= 4 is 5.91 Å². The fraction of sp³-hybridized carbons (Fsp3) is 0.952. The van der Waals surface area contributed by atoms with Crippen molar-refractivity contribution in [3.8, 4) is 0 Å². The summed E-state index contributed by atoms with van der Waals surface area (Å²) in [6.07, 6.45) is 11.6. The molecule has 0 aromatic heterocycles. The van der Waals surface area contributed by atoms with Gasteiger partial charge in [0.15, 0.2) is 0 Å². The van der Waals surface area contributed by atoms with Gasteiger partial charge in [0.25, 0.3) is 0 Å². The second-order valence-electron chi connectivity index (χ2n) is 9.38. The monoisotopic (exact) mass is 347 g/mol. The van der Waals surface area contributed by atoms with Crippen molar-refractivity contribution in [1.29, 1.82) is 0 Å². The van der Waals surface area contributed by atoms with E-state index in [2.05, 4.69) is 22.0 Å². The van der Waals surface area contributed by atoms with Gasteiger partial charge in [-0.05, 0) is 75.8 Å². The van der Waals surface area contributed by atoms with E-state index in [0.29, 0.717) is 17.9 Å². The number of hydrogen-bond acceptors (Lipinski definition) is 3. The van der Waals surface area contributed by atoms with Crippen LogP contribution in [0.4, 0.5) is 0 Å². The molecule has 1 aliphatic carbocycles. The number of rotatable bonds is 3. The van der Waals surface area contributed by atoms with Crippen molar-refractivity contribution in [3.63, 3.8) is 0 Å².